The van der Waals surface area contributed by atoms with E-state index < -0.39 is 0 Å². The van der Waals surface area contributed by atoms with Gasteiger partial charge in [-0.2, -0.15) is 10.5 Å². The highest BCUT2D eigenvalue weighted by molar-refractivity contribution is 5.80. The molecule has 0 saturated carbocycles. The Kier molecular flexibility index (Phi) is 5.05. The summed E-state index contributed by atoms with van der Waals surface area (Å²) in [5.41, 5.74) is 10.3. The van der Waals surface area contributed by atoms with Gasteiger partial charge in [0.1, 0.15) is 6.67 Å². The molecule has 13 heavy (non-hydrogen) atoms. The molecule has 0 heterocycles. The van der Waals surface area contributed by atoms with Crippen molar-refractivity contribution in [3.63, 3.8) is 0 Å². The molecule has 0 aliphatic heterocycles. The van der Waals surface area contributed by atoms with Crippen LogP contribution in [0.15, 0.2) is 9.98 Å². The van der Waals surface area contributed by atoms with E-state index in [4.69, 9.17) is 22.0 Å². The van der Waals surface area contributed by atoms with Crippen LogP contribution in [0.1, 0.15) is 0 Å². The third-order valence-corrected chi connectivity index (χ3v) is 0.850. The van der Waals surface area contributed by atoms with E-state index in [1.807, 2.05) is 0 Å². The summed E-state index contributed by atoms with van der Waals surface area (Å²) in [5.74, 6) is -0.119. The summed E-state index contributed by atoms with van der Waals surface area (Å²) in [5, 5.41) is 20.4. The lowest BCUT2D eigenvalue weighted by molar-refractivity contribution is 1.01. The summed E-state index contributed by atoms with van der Waals surface area (Å²) in [7, 11) is 0. The van der Waals surface area contributed by atoms with Gasteiger partial charge in [-0.15, -0.1) is 0 Å². The first-order valence-electron chi connectivity index (χ1n) is 3.10. The third kappa shape index (κ3) is 5.94. The van der Waals surface area contributed by atoms with Crippen LogP contribution < -0.4 is 22.1 Å². The zero-order chi connectivity index (χ0) is 10.1. The van der Waals surface area contributed by atoms with Crippen LogP contribution in [-0.2, 0) is 0 Å². The number of hydrogen-bond acceptors (Lipinski definition) is 4. The molecule has 68 valence electrons. The van der Waals surface area contributed by atoms with Crippen molar-refractivity contribution in [2.24, 2.45) is 21.5 Å². The summed E-state index contributed by atoms with van der Waals surface area (Å²) in [6, 6.07) is 0. The summed E-state index contributed by atoms with van der Waals surface area (Å²) >= 11 is 0. The first-order chi connectivity index (χ1) is 6.20. The highest BCUT2D eigenvalue weighted by Crippen LogP contribution is 1.71. The van der Waals surface area contributed by atoms with Gasteiger partial charge in [-0.1, -0.05) is 0 Å². The van der Waals surface area contributed by atoms with Crippen LogP contribution in [0.25, 0.3) is 0 Å². The van der Waals surface area contributed by atoms with Crippen molar-refractivity contribution in [3.8, 4) is 12.4 Å². The Hall–Kier alpha value is -2.48. The normalized spacial score (nSPS) is 11.2. The fourth-order valence-electron chi connectivity index (χ4n) is 0.381. The van der Waals surface area contributed by atoms with Crippen molar-refractivity contribution >= 4 is 11.9 Å². The zero-order valence-electron chi connectivity index (χ0n) is 6.65. The molecule has 0 radical (unpaired) electrons. The fraction of sp³-hybridized carbons (Fsp3) is 0.200. The highest BCUT2D eigenvalue weighted by atomic mass is 15.2. The van der Waals surface area contributed by atoms with Crippen LogP contribution in [0.5, 0.6) is 0 Å². The van der Waals surface area contributed by atoms with Gasteiger partial charge in [0, 0.05) is 0 Å². The molecule has 0 aromatic heterocycles. The molecule has 0 rings (SSSR count). The van der Waals surface area contributed by atoms with E-state index in [0.29, 0.717) is 0 Å². The minimum atomic E-state index is -0.0593. The Morgan fingerprint density at radius 2 is 1.46 bits per heavy atom. The molecule has 6 N–H and O–H groups in total. The Morgan fingerprint density at radius 1 is 1.08 bits per heavy atom. The van der Waals surface area contributed by atoms with E-state index in [0.717, 1.165) is 0 Å². The Labute approximate surface area is 74.6 Å². The minimum absolute atomic E-state index is 0.0545. The number of hydrogen-bond donors (Lipinski definition) is 4. The van der Waals surface area contributed by atoms with Crippen LogP contribution in [0, 0.1) is 22.9 Å². The lowest BCUT2D eigenvalue weighted by Gasteiger charge is -1.95. The SMILES string of the molecule is N#CN/C(N)=N\C/N=C(\N)NC#N. The quantitative estimate of drug-likeness (QED) is 0.163. The van der Waals surface area contributed by atoms with Crippen molar-refractivity contribution in [1.29, 1.82) is 10.5 Å². The van der Waals surface area contributed by atoms with Crippen LogP contribution in [-0.4, -0.2) is 18.6 Å². The number of nitriles is 2. The first-order valence-corrected chi connectivity index (χ1v) is 3.10. The van der Waals surface area contributed by atoms with Crippen molar-refractivity contribution in [1.82, 2.24) is 10.6 Å². The van der Waals surface area contributed by atoms with Crippen LogP contribution in [0.4, 0.5) is 0 Å². The molecular formula is C5H8N8. The predicted octanol–water partition coefficient (Wildman–Crippen LogP) is -2.29. The van der Waals surface area contributed by atoms with Crippen molar-refractivity contribution in [2.45, 2.75) is 0 Å². The number of nitrogens with zero attached hydrogens (tertiary/aromatic N) is 4. The molecule has 0 spiro atoms. The molecule has 0 amide bonds. The topological polar surface area (TPSA) is 148 Å². The second kappa shape index (κ2) is 6.24. The largest absolute Gasteiger partial charge is 0.369 e. The zero-order valence-corrected chi connectivity index (χ0v) is 6.65. The molecule has 0 aliphatic rings. The molecule has 0 aliphatic carbocycles. The lowest BCUT2D eigenvalue weighted by Crippen LogP contribution is -2.29. The summed E-state index contributed by atoms with van der Waals surface area (Å²) in [6.45, 7) is -0.0545. The molecule has 0 unspecified atom stereocenters. The molecular weight excluding hydrogens is 172 g/mol. The van der Waals surface area contributed by atoms with E-state index in [1.54, 1.807) is 12.4 Å². The molecule has 0 bridgehead atoms. The van der Waals surface area contributed by atoms with E-state index in [-0.39, 0.29) is 18.6 Å². The van der Waals surface area contributed by atoms with Gasteiger partial charge in [0.15, 0.2) is 12.4 Å². The number of aliphatic imine (C=N–C) groups is 2. The fourth-order valence-corrected chi connectivity index (χ4v) is 0.381. The van der Waals surface area contributed by atoms with Crippen LogP contribution in [0.3, 0.4) is 0 Å². The maximum absolute atomic E-state index is 8.09. The standard InChI is InChI=1S/C5H8N8/c6-1-10-4(8)12-3-13-5(9)11-2-7/h3H2,(H3,8,10,12)(H3,9,11,13). The number of rotatable bonds is 2. The average molecular weight is 180 g/mol. The molecule has 0 aromatic rings. The highest BCUT2D eigenvalue weighted by Gasteiger charge is 1.87. The summed E-state index contributed by atoms with van der Waals surface area (Å²) in [4.78, 5) is 7.16. The average Bonchev–Trinajstić information content (AvgIpc) is 2.05. The van der Waals surface area contributed by atoms with Crippen molar-refractivity contribution in [2.75, 3.05) is 6.67 Å². The second-order valence-corrected chi connectivity index (χ2v) is 1.70. The Bertz CT molecular complexity index is 259. The molecule has 0 saturated heterocycles. The van der Waals surface area contributed by atoms with E-state index >= 15 is 0 Å². The van der Waals surface area contributed by atoms with Gasteiger partial charge < -0.3 is 11.5 Å². The van der Waals surface area contributed by atoms with Gasteiger partial charge in [-0.05, 0) is 0 Å². The maximum atomic E-state index is 8.09. The van der Waals surface area contributed by atoms with Crippen molar-refractivity contribution < 1.29 is 0 Å². The molecule has 0 atom stereocenters. The van der Waals surface area contributed by atoms with Gasteiger partial charge >= 0.3 is 0 Å². The Morgan fingerprint density at radius 3 is 1.77 bits per heavy atom. The predicted molar refractivity (Wildman–Crippen MR) is 45.6 cm³/mol. The van der Waals surface area contributed by atoms with Gasteiger partial charge in [0.05, 0.1) is 0 Å². The van der Waals surface area contributed by atoms with Crippen LogP contribution >= 0.6 is 0 Å². The van der Waals surface area contributed by atoms with E-state index in [9.17, 15) is 0 Å². The van der Waals surface area contributed by atoms with Crippen molar-refractivity contribution in [3.05, 3.63) is 0 Å². The van der Waals surface area contributed by atoms with Gasteiger partial charge in [-0.3, -0.25) is 10.6 Å². The summed E-state index contributed by atoms with van der Waals surface area (Å²) < 4.78 is 0. The number of nitrogens with one attached hydrogen (secondary N) is 2. The monoisotopic (exact) mass is 180 g/mol. The van der Waals surface area contributed by atoms with Crippen LogP contribution in [0.2, 0.25) is 0 Å². The minimum Gasteiger partial charge on any atom is -0.369 e. The number of guanidine groups is 2. The molecule has 0 fully saturated rings. The molecule has 0 aromatic carbocycles. The maximum Gasteiger partial charge on any atom is 0.203 e. The molecule has 8 nitrogen and oxygen atoms in total. The number of nitrogens with two attached hydrogens (primary N) is 2. The smallest absolute Gasteiger partial charge is 0.203 e. The third-order valence-electron chi connectivity index (χ3n) is 0.850. The van der Waals surface area contributed by atoms with Gasteiger partial charge in [0.2, 0.25) is 11.9 Å². The van der Waals surface area contributed by atoms with E-state index in [1.165, 1.54) is 0 Å². The Balaban J connectivity index is 3.91. The van der Waals surface area contributed by atoms with Gasteiger partial charge in [-0.25, -0.2) is 9.98 Å². The summed E-state index contributed by atoms with van der Waals surface area (Å²) in [6.07, 6.45) is 3.15. The first kappa shape index (κ1) is 10.5. The molecule has 8 heteroatoms. The van der Waals surface area contributed by atoms with E-state index in [2.05, 4.69) is 20.6 Å². The van der Waals surface area contributed by atoms with Gasteiger partial charge in [0.25, 0.3) is 0 Å². The second-order valence-electron chi connectivity index (χ2n) is 1.70. The lowest BCUT2D eigenvalue weighted by atomic mass is 10.9.